The summed E-state index contributed by atoms with van der Waals surface area (Å²) in [5.74, 6) is 1.60. The fraction of sp³-hybridized carbons (Fsp3) is 0.849. The van der Waals surface area contributed by atoms with Crippen LogP contribution in [0.1, 0.15) is 77.2 Å². The van der Waals surface area contributed by atoms with E-state index in [9.17, 15) is 71.5 Å². The van der Waals surface area contributed by atoms with Crippen molar-refractivity contribution < 1.29 is 119 Å². The zero-order valence-corrected chi connectivity index (χ0v) is 44.0. The minimum Gasteiger partial charge on any atom is -0.497 e. The van der Waals surface area contributed by atoms with Gasteiger partial charge in [-0.15, -0.1) is 0 Å². The molecule has 438 valence electrons. The summed E-state index contributed by atoms with van der Waals surface area (Å²) in [4.78, 5) is 0. The van der Waals surface area contributed by atoms with Crippen LogP contribution in [-0.2, 0) is 37.9 Å². The quantitative estimate of drug-likeness (QED) is 0.0734. The molecular weight excluding hydrogens is 1020 g/mol. The summed E-state index contributed by atoms with van der Waals surface area (Å²) >= 11 is 0. The summed E-state index contributed by atoms with van der Waals surface area (Å²) in [7, 11) is 3.22. The van der Waals surface area contributed by atoms with Crippen molar-refractivity contribution in [3.05, 3.63) is 35.4 Å². The van der Waals surface area contributed by atoms with Gasteiger partial charge in [0.25, 0.3) is 0 Å². The van der Waals surface area contributed by atoms with Crippen molar-refractivity contribution in [2.45, 2.75) is 207 Å². The molecule has 3 saturated carbocycles. The van der Waals surface area contributed by atoms with E-state index < -0.39 is 161 Å². The zero-order chi connectivity index (χ0) is 55.6. The molecule has 29 atom stereocenters. The number of ether oxygens (including phenoxy) is 10. The van der Waals surface area contributed by atoms with Crippen molar-refractivity contribution in [3.63, 3.8) is 0 Å². The lowest BCUT2D eigenvalue weighted by molar-refractivity contribution is -0.338. The number of aliphatic hydroxyl groups excluding tert-OH is 14. The molecular formula is C53H82O24. The van der Waals surface area contributed by atoms with E-state index in [1.807, 2.05) is 25.1 Å². The zero-order valence-electron chi connectivity index (χ0n) is 44.0. The average Bonchev–Trinajstić information content (AvgIpc) is 4.01. The van der Waals surface area contributed by atoms with E-state index in [0.717, 1.165) is 37.7 Å². The van der Waals surface area contributed by atoms with Gasteiger partial charge in [0.05, 0.1) is 52.9 Å². The molecule has 0 amide bonds. The summed E-state index contributed by atoms with van der Waals surface area (Å²) in [6, 6.07) is 5.71. The highest BCUT2D eigenvalue weighted by Gasteiger charge is 2.64. The highest BCUT2D eigenvalue weighted by atomic mass is 16.7. The molecule has 1 aromatic carbocycles. The first kappa shape index (κ1) is 59.3. The molecule has 0 bridgehead atoms. The Morgan fingerprint density at radius 3 is 1.66 bits per heavy atom. The van der Waals surface area contributed by atoms with Crippen LogP contribution in [0.4, 0.5) is 0 Å². The standard InChI is InChI=1S/C53H82O24/c1-21(72-50-46(66)42(62)38(58)33(76-50)19-70-48-44(64)40(60)36(56)31(17-54)74-48)35-27(26-15-23(68-4)7-9-30(26)69-5)16-29-25-8-6-22-14-24(10-12-52(22,2)28(25)11-13-53(29,35)3)73-51-47(67)43(63)39(59)34(77-51)20-71-49-45(65)41(61)37(57)32(18-55)75-49/h6-7,9,15,21,24-25,27-29,31-51,54-67H,8,10-14,16-20H2,1-5H3/t21?,24-,25+,27?,28-,29-,31+,32+,33+,34+,35-,36+,37+,38+,39+,40-,41-,42-,43-,44+,45+,46+,47+,48-,49-,50+,51+,52-,53-/m0/s1. The van der Waals surface area contributed by atoms with Crippen LogP contribution in [0, 0.1) is 34.5 Å². The molecule has 14 N–H and O–H groups in total. The van der Waals surface area contributed by atoms with Gasteiger partial charge < -0.3 is 119 Å². The topological polar surface area (TPSA) is 376 Å². The lowest BCUT2D eigenvalue weighted by Gasteiger charge is -2.58. The first-order valence-electron chi connectivity index (χ1n) is 27.1. The van der Waals surface area contributed by atoms with Crippen molar-refractivity contribution in [3.8, 4) is 11.5 Å². The van der Waals surface area contributed by atoms with Gasteiger partial charge in [-0.2, -0.15) is 0 Å². The molecule has 24 heteroatoms. The van der Waals surface area contributed by atoms with Crippen LogP contribution >= 0.6 is 0 Å². The SMILES string of the molecule is COc1ccc(OC)c(C2C[C@H]3[C@@H]4CC=C5C[C@@H](O[C@@H]6O[C@H](CO[C@H]7O[C@H](CO)[C@@H](O)[C@H](O)[C@H]7O)[C@@H](O)[C@H](O)[C@H]6O)CC[C@]5(C)[C@H]4CC[C@]3(C)[C@H]2C(C)O[C@@H]2O[C@H](CO[C@H]3O[C@H](CO)[C@@H](O)[C@H](O)[C@H]3O)[C@@H](O)[C@H](O)[C@H]2O)c1. The first-order valence-corrected chi connectivity index (χ1v) is 27.1. The number of rotatable bonds is 16. The summed E-state index contributed by atoms with van der Waals surface area (Å²) in [5, 5.41) is 148. The molecule has 4 heterocycles. The van der Waals surface area contributed by atoms with Crippen molar-refractivity contribution in [2.75, 3.05) is 40.6 Å². The number of benzene rings is 1. The van der Waals surface area contributed by atoms with Gasteiger partial charge in [0, 0.05) is 5.56 Å². The Morgan fingerprint density at radius 2 is 1.12 bits per heavy atom. The number of methoxy groups -OCH3 is 2. The van der Waals surface area contributed by atoms with E-state index in [2.05, 4.69) is 19.9 Å². The molecule has 7 fully saturated rings. The Labute approximate surface area is 446 Å². The maximum Gasteiger partial charge on any atom is 0.186 e. The summed E-state index contributed by atoms with van der Waals surface area (Å²) in [6.07, 6.45) is -24.7. The Balaban J connectivity index is 0.906. The van der Waals surface area contributed by atoms with Crippen LogP contribution in [0.2, 0.25) is 0 Å². The van der Waals surface area contributed by atoms with Gasteiger partial charge >= 0.3 is 0 Å². The Bertz CT molecular complexity index is 2150. The van der Waals surface area contributed by atoms with Crippen LogP contribution in [0.15, 0.2) is 29.8 Å². The normalized spacial score (nSPS) is 49.5. The molecule has 4 aliphatic carbocycles. The third kappa shape index (κ3) is 11.0. The number of hydrogen-bond donors (Lipinski definition) is 14. The van der Waals surface area contributed by atoms with Crippen LogP contribution in [0.3, 0.4) is 0 Å². The van der Waals surface area contributed by atoms with Gasteiger partial charge in [0.15, 0.2) is 25.2 Å². The highest BCUT2D eigenvalue weighted by Crippen LogP contribution is 2.70. The number of fused-ring (bicyclic) bond motifs is 5. The molecule has 2 unspecified atom stereocenters. The van der Waals surface area contributed by atoms with E-state index in [1.54, 1.807) is 14.2 Å². The lowest BCUT2D eigenvalue weighted by Crippen LogP contribution is -2.62. The van der Waals surface area contributed by atoms with Crippen molar-refractivity contribution in [1.29, 1.82) is 0 Å². The van der Waals surface area contributed by atoms with E-state index >= 15 is 0 Å². The second-order valence-corrected chi connectivity index (χ2v) is 23.2. The summed E-state index contributed by atoms with van der Waals surface area (Å²) < 4.78 is 59.3. The van der Waals surface area contributed by atoms with Crippen molar-refractivity contribution >= 4 is 0 Å². The molecule has 8 aliphatic rings. The fourth-order valence-electron chi connectivity index (χ4n) is 14.8. The monoisotopic (exact) mass is 1100 g/mol. The molecule has 9 rings (SSSR count). The smallest absolute Gasteiger partial charge is 0.186 e. The maximum absolute atomic E-state index is 11.4. The van der Waals surface area contributed by atoms with Gasteiger partial charge in [-0.1, -0.05) is 25.5 Å². The predicted octanol–water partition coefficient (Wildman–Crippen LogP) is -2.99. The largest absolute Gasteiger partial charge is 0.497 e. The predicted molar refractivity (Wildman–Crippen MR) is 261 cm³/mol. The van der Waals surface area contributed by atoms with E-state index in [-0.39, 0.29) is 40.4 Å². The Morgan fingerprint density at radius 1 is 0.597 bits per heavy atom. The maximum atomic E-state index is 11.4. The minimum atomic E-state index is -1.74. The highest BCUT2D eigenvalue weighted by molar-refractivity contribution is 5.44. The third-order valence-electron chi connectivity index (χ3n) is 19.1. The molecule has 0 radical (unpaired) electrons. The average molecular weight is 1100 g/mol. The van der Waals surface area contributed by atoms with E-state index in [0.29, 0.717) is 24.3 Å². The van der Waals surface area contributed by atoms with Crippen LogP contribution in [0.25, 0.3) is 0 Å². The third-order valence-corrected chi connectivity index (χ3v) is 19.1. The van der Waals surface area contributed by atoms with Gasteiger partial charge in [-0.25, -0.2) is 0 Å². The summed E-state index contributed by atoms with van der Waals surface area (Å²) in [5.41, 5.74) is 1.57. The second kappa shape index (κ2) is 23.9. The van der Waals surface area contributed by atoms with Gasteiger partial charge in [-0.3, -0.25) is 0 Å². The van der Waals surface area contributed by atoms with E-state index in [1.165, 1.54) is 5.57 Å². The lowest BCUT2D eigenvalue weighted by atomic mass is 9.47. The van der Waals surface area contributed by atoms with Gasteiger partial charge in [-0.05, 0) is 110 Å². The molecule has 0 aromatic heterocycles. The van der Waals surface area contributed by atoms with Crippen LogP contribution < -0.4 is 9.47 Å². The molecule has 4 saturated heterocycles. The molecule has 77 heavy (non-hydrogen) atoms. The summed E-state index contributed by atoms with van der Waals surface area (Å²) in [6.45, 7) is 4.20. The second-order valence-electron chi connectivity index (χ2n) is 23.2. The molecule has 0 spiro atoms. The minimum absolute atomic E-state index is 0.157. The van der Waals surface area contributed by atoms with Crippen LogP contribution in [-0.4, -0.2) is 247 Å². The van der Waals surface area contributed by atoms with Crippen molar-refractivity contribution in [2.24, 2.45) is 34.5 Å². The van der Waals surface area contributed by atoms with Gasteiger partial charge in [0.2, 0.25) is 0 Å². The molecule has 1 aromatic rings. The van der Waals surface area contributed by atoms with Crippen LogP contribution in [0.5, 0.6) is 11.5 Å². The molecule has 24 nitrogen and oxygen atoms in total. The van der Waals surface area contributed by atoms with Gasteiger partial charge in [0.1, 0.15) is 109 Å². The first-order chi connectivity index (χ1) is 36.6. The number of aliphatic hydroxyl groups is 14. The Hall–Kier alpha value is -2.32. The number of hydrogen-bond acceptors (Lipinski definition) is 24. The van der Waals surface area contributed by atoms with Crippen molar-refractivity contribution in [1.82, 2.24) is 0 Å². The fourth-order valence-corrected chi connectivity index (χ4v) is 14.8. The van der Waals surface area contributed by atoms with E-state index in [4.69, 9.17) is 47.4 Å². The molecule has 4 aliphatic heterocycles. The Kier molecular flexibility index (Phi) is 18.4. The number of allylic oxidation sites excluding steroid dienone is 1.